The fourth-order valence-electron chi connectivity index (χ4n) is 2.70. The number of azo groups is 1. The lowest BCUT2D eigenvalue weighted by Crippen LogP contribution is -2.21. The van der Waals surface area contributed by atoms with Crippen molar-refractivity contribution < 1.29 is 14.6 Å². The van der Waals surface area contributed by atoms with E-state index in [1.165, 1.54) is 0 Å². The number of aliphatic hydroxyl groups is 1. The highest BCUT2D eigenvalue weighted by Crippen LogP contribution is 2.44. The first-order chi connectivity index (χ1) is 11.2. The zero-order valence-corrected chi connectivity index (χ0v) is 12.0. The molecule has 112 valence electrons. The average molecular weight is 304 g/mol. The van der Waals surface area contributed by atoms with Crippen LogP contribution in [0.4, 0.5) is 5.69 Å². The van der Waals surface area contributed by atoms with E-state index in [0.29, 0.717) is 11.3 Å². The zero-order valence-electron chi connectivity index (χ0n) is 12.0. The van der Waals surface area contributed by atoms with Crippen molar-refractivity contribution in [3.63, 3.8) is 0 Å². The summed E-state index contributed by atoms with van der Waals surface area (Å²) >= 11 is 0. The molecule has 0 bridgehead atoms. The molecule has 1 atom stereocenters. The molecule has 0 saturated carbocycles. The molecule has 2 aromatic carbocycles. The molecule has 2 aromatic rings. The normalized spacial score (nSPS) is 19.4. The number of carbonyl (C=O) groups is 1. The van der Waals surface area contributed by atoms with Crippen molar-refractivity contribution in [3.05, 3.63) is 82.8 Å². The van der Waals surface area contributed by atoms with Crippen molar-refractivity contribution in [2.45, 2.75) is 6.10 Å². The molecule has 1 aliphatic heterocycles. The number of aliphatic hydroxyl groups excluding tert-OH is 1. The number of nitrogens with zero attached hydrogens (tertiary/aromatic N) is 2. The largest absolute Gasteiger partial charge is 0.505 e. The van der Waals surface area contributed by atoms with Crippen molar-refractivity contribution in [1.82, 2.24) is 0 Å². The monoisotopic (exact) mass is 304 g/mol. The van der Waals surface area contributed by atoms with Gasteiger partial charge in [0.25, 0.3) is 0 Å². The first kappa shape index (κ1) is 13.5. The molecule has 0 radical (unpaired) electrons. The lowest BCUT2D eigenvalue weighted by atomic mass is 10.0. The topological polar surface area (TPSA) is 71.2 Å². The van der Waals surface area contributed by atoms with Gasteiger partial charge in [-0.3, -0.25) is 0 Å². The summed E-state index contributed by atoms with van der Waals surface area (Å²) in [6.45, 7) is 0. The van der Waals surface area contributed by atoms with Crippen LogP contribution in [0.3, 0.4) is 0 Å². The number of hydrogen-bond acceptors (Lipinski definition) is 5. The molecule has 4 rings (SSSR count). The predicted octanol–water partition coefficient (Wildman–Crippen LogP) is 4.24. The molecule has 1 heterocycles. The van der Waals surface area contributed by atoms with E-state index in [-0.39, 0.29) is 11.5 Å². The molecule has 5 heteroatoms. The van der Waals surface area contributed by atoms with Gasteiger partial charge in [0.05, 0.1) is 5.69 Å². The molecular formula is C18H12N2O3. The van der Waals surface area contributed by atoms with E-state index >= 15 is 0 Å². The summed E-state index contributed by atoms with van der Waals surface area (Å²) in [4.78, 5) is 12.2. The van der Waals surface area contributed by atoms with E-state index in [1.54, 1.807) is 18.2 Å². The molecule has 0 amide bonds. The van der Waals surface area contributed by atoms with Gasteiger partial charge in [-0.2, -0.15) is 5.11 Å². The second kappa shape index (κ2) is 5.21. The van der Waals surface area contributed by atoms with Crippen LogP contribution in [0, 0.1) is 0 Å². The summed E-state index contributed by atoms with van der Waals surface area (Å²) in [6.07, 6.45) is 1.23. The maximum Gasteiger partial charge on any atom is 0.363 e. The van der Waals surface area contributed by atoms with Crippen LogP contribution in [0.2, 0.25) is 0 Å². The molecule has 0 saturated heterocycles. The van der Waals surface area contributed by atoms with Gasteiger partial charge in [-0.05, 0) is 23.8 Å². The Hall–Kier alpha value is -3.21. The van der Waals surface area contributed by atoms with Gasteiger partial charge < -0.3 is 9.84 Å². The number of rotatable bonds is 2. The number of benzene rings is 2. The Balaban J connectivity index is 1.73. The molecule has 1 N–H and O–H groups in total. The third-order valence-electron chi connectivity index (χ3n) is 3.81. The van der Waals surface area contributed by atoms with Gasteiger partial charge in [-0.15, -0.1) is 5.11 Å². The Morgan fingerprint density at radius 2 is 1.70 bits per heavy atom. The summed E-state index contributed by atoms with van der Waals surface area (Å²) in [5.41, 5.74) is 2.73. The Morgan fingerprint density at radius 1 is 0.957 bits per heavy atom. The van der Waals surface area contributed by atoms with Crippen LogP contribution in [-0.4, -0.2) is 11.1 Å². The number of carbonyl (C=O) groups excluding carboxylic acids is 1. The van der Waals surface area contributed by atoms with Gasteiger partial charge in [0.1, 0.15) is 0 Å². The summed E-state index contributed by atoms with van der Waals surface area (Å²) in [5, 5.41) is 18.3. The zero-order chi connectivity index (χ0) is 15.8. The first-order valence-corrected chi connectivity index (χ1v) is 7.16. The van der Waals surface area contributed by atoms with E-state index in [0.717, 1.165) is 11.1 Å². The first-order valence-electron chi connectivity index (χ1n) is 7.16. The maximum absolute atomic E-state index is 12.2. The van der Waals surface area contributed by atoms with Crippen molar-refractivity contribution in [3.8, 4) is 0 Å². The minimum absolute atomic E-state index is 0.177. The van der Waals surface area contributed by atoms with Crippen molar-refractivity contribution in [1.29, 1.82) is 0 Å². The smallest absolute Gasteiger partial charge is 0.363 e. The second-order valence-electron chi connectivity index (χ2n) is 5.25. The molecule has 0 spiro atoms. The lowest BCUT2D eigenvalue weighted by Gasteiger charge is -2.22. The molecular weight excluding hydrogens is 292 g/mol. The molecule has 1 aliphatic carbocycles. The van der Waals surface area contributed by atoms with Crippen LogP contribution in [0.1, 0.15) is 17.2 Å². The van der Waals surface area contributed by atoms with E-state index in [2.05, 4.69) is 10.2 Å². The van der Waals surface area contributed by atoms with E-state index in [4.69, 9.17) is 4.74 Å². The molecule has 1 unspecified atom stereocenters. The van der Waals surface area contributed by atoms with Crippen molar-refractivity contribution in [2.24, 2.45) is 10.2 Å². The van der Waals surface area contributed by atoms with E-state index in [1.807, 2.05) is 42.5 Å². The summed E-state index contributed by atoms with van der Waals surface area (Å²) < 4.78 is 5.43. The molecule has 0 fully saturated rings. The maximum atomic E-state index is 12.2. The third kappa shape index (κ3) is 2.23. The quantitative estimate of drug-likeness (QED) is 0.666. The van der Waals surface area contributed by atoms with Crippen LogP contribution in [0.5, 0.6) is 0 Å². The number of ether oxygens (including phenoxy) is 1. The second-order valence-corrected chi connectivity index (χ2v) is 5.25. The highest BCUT2D eigenvalue weighted by Gasteiger charge is 2.38. The average Bonchev–Trinajstić information content (AvgIpc) is 2.95. The summed E-state index contributed by atoms with van der Waals surface area (Å²) in [7, 11) is 0. The highest BCUT2D eigenvalue weighted by molar-refractivity contribution is 5.93. The van der Waals surface area contributed by atoms with Gasteiger partial charge in [-0.25, -0.2) is 4.79 Å². The van der Waals surface area contributed by atoms with Gasteiger partial charge in [0, 0.05) is 11.1 Å². The van der Waals surface area contributed by atoms with Gasteiger partial charge in [0.15, 0.2) is 11.9 Å². The fraction of sp³-hybridized carbons (Fsp3) is 0.0556. The van der Waals surface area contributed by atoms with Crippen LogP contribution < -0.4 is 0 Å². The fourth-order valence-corrected chi connectivity index (χ4v) is 2.70. The Labute approximate surface area is 132 Å². The van der Waals surface area contributed by atoms with Crippen molar-refractivity contribution >= 4 is 17.7 Å². The lowest BCUT2D eigenvalue weighted by molar-refractivity contribution is -0.144. The van der Waals surface area contributed by atoms with Crippen LogP contribution in [0.15, 0.2) is 81.9 Å². The number of hydrogen-bond donors (Lipinski definition) is 1. The summed E-state index contributed by atoms with van der Waals surface area (Å²) in [5.74, 6) is -0.858. The third-order valence-corrected chi connectivity index (χ3v) is 3.81. The standard InChI is InChI=1S/C18H12N2O3/c21-16-14-10-11-6-4-5-9-13(11)17(14)23-18(22)15(16)20-19-12-7-2-1-3-8-12/h1-10,17,21H. The van der Waals surface area contributed by atoms with E-state index in [9.17, 15) is 9.90 Å². The van der Waals surface area contributed by atoms with E-state index < -0.39 is 12.1 Å². The number of esters is 1. The van der Waals surface area contributed by atoms with Gasteiger partial charge in [0.2, 0.25) is 5.70 Å². The molecule has 0 aromatic heterocycles. The Bertz CT molecular complexity index is 882. The summed E-state index contributed by atoms with van der Waals surface area (Å²) in [6, 6.07) is 16.5. The van der Waals surface area contributed by atoms with Gasteiger partial charge in [-0.1, -0.05) is 42.5 Å². The number of fused-ring (bicyclic) bond motifs is 3. The van der Waals surface area contributed by atoms with Crippen LogP contribution in [0.25, 0.3) is 6.08 Å². The van der Waals surface area contributed by atoms with Crippen LogP contribution >= 0.6 is 0 Å². The predicted molar refractivity (Wildman–Crippen MR) is 83.9 cm³/mol. The minimum atomic E-state index is -0.680. The minimum Gasteiger partial charge on any atom is -0.505 e. The Kier molecular flexibility index (Phi) is 3.05. The van der Waals surface area contributed by atoms with Crippen molar-refractivity contribution in [2.75, 3.05) is 0 Å². The SMILES string of the molecule is O=C1OC2C(=Cc3ccccc32)C(O)=C1N=Nc1ccccc1. The molecule has 2 aliphatic rings. The molecule has 5 nitrogen and oxygen atoms in total. The van der Waals surface area contributed by atoms with Crippen LogP contribution in [-0.2, 0) is 9.53 Å². The Morgan fingerprint density at radius 3 is 2.52 bits per heavy atom. The van der Waals surface area contributed by atoms with Gasteiger partial charge >= 0.3 is 5.97 Å². The molecule has 23 heavy (non-hydrogen) atoms. The highest BCUT2D eigenvalue weighted by atomic mass is 16.5.